The van der Waals surface area contributed by atoms with Crippen molar-refractivity contribution in [1.29, 1.82) is 0 Å². The van der Waals surface area contributed by atoms with E-state index in [0.717, 1.165) is 18.1 Å². The minimum absolute atomic E-state index is 0.0374. The highest BCUT2D eigenvalue weighted by Crippen LogP contribution is 2.45. The summed E-state index contributed by atoms with van der Waals surface area (Å²) in [7, 11) is 0. The Morgan fingerprint density at radius 1 is 1.23 bits per heavy atom. The number of carboxylic acids is 1. The lowest BCUT2D eigenvalue weighted by atomic mass is 9.94. The quantitative estimate of drug-likeness (QED) is 0.484. The van der Waals surface area contributed by atoms with Crippen molar-refractivity contribution in [1.82, 2.24) is 0 Å². The second-order valence-electron chi connectivity index (χ2n) is 7.90. The van der Waals surface area contributed by atoms with Crippen molar-refractivity contribution in [3.8, 4) is 5.75 Å². The van der Waals surface area contributed by atoms with Crippen LogP contribution in [0.5, 0.6) is 5.75 Å². The zero-order chi connectivity index (χ0) is 22.8. The summed E-state index contributed by atoms with van der Waals surface area (Å²) in [5.41, 5.74) is 2.91. The number of benzene rings is 2. The summed E-state index contributed by atoms with van der Waals surface area (Å²) in [5, 5.41) is 9.38. The lowest BCUT2D eigenvalue weighted by Crippen LogP contribution is -2.26. The van der Waals surface area contributed by atoms with Gasteiger partial charge in [0.2, 0.25) is 0 Å². The van der Waals surface area contributed by atoms with E-state index in [1.165, 1.54) is 6.07 Å². The third kappa shape index (κ3) is 5.42. The molecule has 0 saturated heterocycles. The summed E-state index contributed by atoms with van der Waals surface area (Å²) in [5.74, 6) is -5.52. The maximum atomic E-state index is 14.8. The van der Waals surface area contributed by atoms with Crippen LogP contribution in [-0.2, 0) is 11.2 Å². The topological polar surface area (TPSA) is 46.5 Å². The summed E-state index contributed by atoms with van der Waals surface area (Å²) >= 11 is 5.95. The molecular formula is C24H24ClF3O3. The number of rotatable bonds is 8. The van der Waals surface area contributed by atoms with E-state index < -0.39 is 23.6 Å². The summed E-state index contributed by atoms with van der Waals surface area (Å²) in [4.78, 5) is 10.8. The first kappa shape index (κ1) is 23.2. The minimum Gasteiger partial charge on any atom is -0.486 e. The van der Waals surface area contributed by atoms with E-state index in [4.69, 9.17) is 21.4 Å². The Kier molecular flexibility index (Phi) is 6.99. The molecule has 0 heterocycles. The number of carboxylic acid groups (broad SMARTS) is 1. The van der Waals surface area contributed by atoms with Gasteiger partial charge in [0, 0.05) is 17.4 Å². The first-order valence-corrected chi connectivity index (χ1v) is 10.4. The molecule has 0 bridgehead atoms. The zero-order valence-corrected chi connectivity index (χ0v) is 18.1. The maximum Gasteiger partial charge on any atom is 0.303 e. The summed E-state index contributed by atoms with van der Waals surface area (Å²) in [6, 6.07) is 10.0. The van der Waals surface area contributed by atoms with E-state index in [9.17, 15) is 18.0 Å². The number of alkyl halides is 2. The highest BCUT2D eigenvalue weighted by atomic mass is 35.5. The minimum atomic E-state index is -2.93. The second kappa shape index (κ2) is 9.35. The van der Waals surface area contributed by atoms with Gasteiger partial charge in [-0.1, -0.05) is 29.8 Å². The van der Waals surface area contributed by atoms with Gasteiger partial charge in [0.25, 0.3) is 5.92 Å². The van der Waals surface area contributed by atoms with Crippen LogP contribution in [0, 0.1) is 18.7 Å². The Morgan fingerprint density at radius 2 is 1.90 bits per heavy atom. The molecule has 1 N–H and O–H groups in total. The number of allylic oxidation sites excluding steroid dienone is 1. The van der Waals surface area contributed by atoms with Gasteiger partial charge in [0.1, 0.15) is 6.61 Å². The van der Waals surface area contributed by atoms with Crippen LogP contribution >= 0.6 is 11.6 Å². The van der Waals surface area contributed by atoms with Gasteiger partial charge in [-0.15, -0.1) is 0 Å². The molecule has 0 aromatic heterocycles. The van der Waals surface area contributed by atoms with Crippen LogP contribution in [0.1, 0.15) is 42.9 Å². The fraction of sp³-hybridized carbons (Fsp3) is 0.375. The third-order valence-electron chi connectivity index (χ3n) is 5.75. The highest BCUT2D eigenvalue weighted by Gasteiger charge is 2.41. The van der Waals surface area contributed by atoms with E-state index in [2.05, 4.69) is 0 Å². The van der Waals surface area contributed by atoms with Crippen LogP contribution in [0.4, 0.5) is 13.2 Å². The molecule has 3 nitrogen and oxygen atoms in total. The first-order chi connectivity index (χ1) is 14.6. The van der Waals surface area contributed by atoms with Crippen molar-refractivity contribution < 1.29 is 27.8 Å². The van der Waals surface area contributed by atoms with Crippen molar-refractivity contribution in [2.45, 2.75) is 45.5 Å². The second-order valence-corrected chi connectivity index (χ2v) is 8.34. The molecule has 0 amide bonds. The smallest absolute Gasteiger partial charge is 0.303 e. The van der Waals surface area contributed by atoms with Gasteiger partial charge in [-0.05, 0) is 79.1 Å². The van der Waals surface area contributed by atoms with Crippen molar-refractivity contribution >= 4 is 23.1 Å². The number of aryl methyl sites for hydroxylation is 1. The highest BCUT2D eigenvalue weighted by molar-refractivity contribution is 6.30. The van der Waals surface area contributed by atoms with Gasteiger partial charge in [-0.3, -0.25) is 4.79 Å². The average molecular weight is 453 g/mol. The van der Waals surface area contributed by atoms with Crippen LogP contribution in [0.2, 0.25) is 5.02 Å². The molecule has 1 aliphatic rings. The van der Waals surface area contributed by atoms with Gasteiger partial charge in [-0.25, -0.2) is 13.2 Å². The Balaban J connectivity index is 1.87. The van der Waals surface area contributed by atoms with Crippen LogP contribution in [0.25, 0.3) is 5.57 Å². The van der Waals surface area contributed by atoms with Gasteiger partial charge < -0.3 is 9.84 Å². The van der Waals surface area contributed by atoms with E-state index in [1.807, 2.05) is 0 Å². The molecule has 7 heteroatoms. The number of aliphatic carboxylic acids is 1. The molecule has 0 fully saturated rings. The van der Waals surface area contributed by atoms with E-state index in [0.29, 0.717) is 28.1 Å². The van der Waals surface area contributed by atoms with Gasteiger partial charge in [0.05, 0.1) is 0 Å². The van der Waals surface area contributed by atoms with Gasteiger partial charge in [-0.2, -0.15) is 0 Å². The Morgan fingerprint density at radius 3 is 2.52 bits per heavy atom. The zero-order valence-electron chi connectivity index (χ0n) is 17.4. The lowest BCUT2D eigenvalue weighted by Gasteiger charge is -2.23. The molecule has 3 rings (SSSR count). The Hall–Kier alpha value is -2.47. The summed E-state index contributed by atoms with van der Waals surface area (Å²) in [6.07, 6.45) is 0.860. The first-order valence-electron chi connectivity index (χ1n) is 10.1. The number of hydrogen-bond acceptors (Lipinski definition) is 2. The predicted octanol–water partition coefficient (Wildman–Crippen LogP) is 6.70. The Labute approximate surface area is 184 Å². The van der Waals surface area contributed by atoms with Gasteiger partial charge in [0.15, 0.2) is 11.6 Å². The molecule has 1 aliphatic carbocycles. The van der Waals surface area contributed by atoms with E-state index in [-0.39, 0.29) is 31.6 Å². The molecule has 2 aromatic rings. The molecule has 1 atom stereocenters. The largest absolute Gasteiger partial charge is 0.486 e. The van der Waals surface area contributed by atoms with Crippen molar-refractivity contribution in [3.05, 3.63) is 69.5 Å². The lowest BCUT2D eigenvalue weighted by molar-refractivity contribution is -0.136. The van der Waals surface area contributed by atoms with Gasteiger partial charge >= 0.3 is 5.97 Å². The maximum absolute atomic E-state index is 14.8. The predicted molar refractivity (Wildman–Crippen MR) is 114 cm³/mol. The van der Waals surface area contributed by atoms with E-state index >= 15 is 0 Å². The molecular weight excluding hydrogens is 429 g/mol. The average Bonchev–Trinajstić information content (AvgIpc) is 3.13. The fourth-order valence-electron chi connectivity index (χ4n) is 4.04. The molecule has 1 unspecified atom stereocenters. The SMILES string of the molecule is Cc1c(CCC(=O)O)ccc(OCC2=C(c3ccc(Cl)cc3)CCC2C(C)(F)F)c1F. The number of hydrogen-bond donors (Lipinski definition) is 1. The van der Waals surface area contributed by atoms with E-state index in [1.54, 1.807) is 37.3 Å². The molecule has 31 heavy (non-hydrogen) atoms. The Bertz CT molecular complexity index is 994. The van der Waals surface area contributed by atoms with Crippen LogP contribution in [0.3, 0.4) is 0 Å². The fourth-order valence-corrected chi connectivity index (χ4v) is 4.17. The molecule has 166 valence electrons. The third-order valence-corrected chi connectivity index (χ3v) is 6.00. The molecule has 0 spiro atoms. The summed E-state index contributed by atoms with van der Waals surface area (Å²) < 4.78 is 49.0. The number of carbonyl (C=O) groups is 1. The van der Waals surface area contributed by atoms with Crippen LogP contribution < -0.4 is 4.74 Å². The van der Waals surface area contributed by atoms with Crippen molar-refractivity contribution in [2.75, 3.05) is 6.61 Å². The van der Waals surface area contributed by atoms with Crippen molar-refractivity contribution in [3.63, 3.8) is 0 Å². The van der Waals surface area contributed by atoms with Crippen molar-refractivity contribution in [2.24, 2.45) is 5.92 Å². The standard InChI is InChI=1S/C24H24ClF3O3/c1-14-15(6-12-22(29)30)5-11-21(23(14)26)31-13-19-18(9-10-20(19)24(2,27)28)16-3-7-17(25)8-4-16/h3-5,7-8,11,20H,6,9-10,12-13H2,1-2H3,(H,29,30). The normalized spacial score (nSPS) is 16.6. The number of ether oxygens (including phenoxy) is 1. The van der Waals surface area contributed by atoms with Crippen LogP contribution in [0.15, 0.2) is 42.0 Å². The summed E-state index contributed by atoms with van der Waals surface area (Å²) in [6.45, 7) is 2.29. The van der Waals surface area contributed by atoms with Crippen LogP contribution in [-0.4, -0.2) is 23.6 Å². The number of halogens is 4. The molecule has 0 saturated carbocycles. The monoisotopic (exact) mass is 452 g/mol. The molecule has 2 aromatic carbocycles. The molecule has 0 aliphatic heterocycles. The molecule has 0 radical (unpaired) electrons.